The molecule has 5 heteroatoms. The molecule has 0 spiro atoms. The van der Waals surface area contributed by atoms with Gasteiger partial charge >= 0.3 is 12.0 Å². The average Bonchev–Trinajstić information content (AvgIpc) is 2.30. The second kappa shape index (κ2) is 7.09. The zero-order chi connectivity index (χ0) is 11.8. The second-order valence-corrected chi connectivity index (χ2v) is 4.06. The van der Waals surface area contributed by atoms with E-state index in [-0.39, 0.29) is 18.4 Å². The first-order valence-electron chi connectivity index (χ1n) is 5.83. The van der Waals surface area contributed by atoms with Crippen LogP contribution in [0, 0.1) is 0 Å². The van der Waals surface area contributed by atoms with Gasteiger partial charge < -0.3 is 15.4 Å². The van der Waals surface area contributed by atoms with Crippen LogP contribution in [-0.2, 0) is 9.53 Å². The van der Waals surface area contributed by atoms with Crippen LogP contribution >= 0.6 is 0 Å². The minimum atomic E-state index is -0.307. The Kier molecular flexibility index (Phi) is 5.67. The quantitative estimate of drug-likeness (QED) is 0.710. The third-order valence-corrected chi connectivity index (χ3v) is 2.78. The van der Waals surface area contributed by atoms with Crippen LogP contribution in [0.2, 0.25) is 0 Å². The lowest BCUT2D eigenvalue weighted by Gasteiger charge is -2.22. The van der Waals surface area contributed by atoms with Gasteiger partial charge in [-0.05, 0) is 12.8 Å². The van der Waals surface area contributed by atoms with E-state index in [1.54, 1.807) is 0 Å². The summed E-state index contributed by atoms with van der Waals surface area (Å²) in [4.78, 5) is 22.2. The number of esters is 1. The largest absolute Gasteiger partial charge is 0.469 e. The molecule has 1 rings (SSSR count). The van der Waals surface area contributed by atoms with Crippen molar-refractivity contribution in [2.75, 3.05) is 13.7 Å². The van der Waals surface area contributed by atoms with E-state index in [0.29, 0.717) is 12.6 Å². The maximum absolute atomic E-state index is 11.4. The number of methoxy groups -OCH3 is 1. The van der Waals surface area contributed by atoms with Crippen LogP contribution in [0.1, 0.15) is 38.5 Å². The molecule has 5 nitrogen and oxygen atoms in total. The highest BCUT2D eigenvalue weighted by molar-refractivity contribution is 5.75. The van der Waals surface area contributed by atoms with Crippen molar-refractivity contribution in [2.24, 2.45) is 0 Å². The fraction of sp³-hybridized carbons (Fsp3) is 0.818. The summed E-state index contributed by atoms with van der Waals surface area (Å²) in [6.07, 6.45) is 5.98. The molecular formula is C11H20N2O3. The molecule has 16 heavy (non-hydrogen) atoms. The van der Waals surface area contributed by atoms with E-state index in [1.165, 1.54) is 26.4 Å². The van der Waals surface area contributed by atoms with Gasteiger partial charge in [0, 0.05) is 12.6 Å². The molecule has 0 aliphatic heterocycles. The fourth-order valence-corrected chi connectivity index (χ4v) is 1.86. The molecule has 0 unspecified atom stereocenters. The molecule has 0 atom stereocenters. The van der Waals surface area contributed by atoms with Gasteiger partial charge in [-0.2, -0.15) is 0 Å². The minimum Gasteiger partial charge on any atom is -0.469 e. The molecule has 0 saturated heterocycles. The molecule has 2 amide bonds. The summed E-state index contributed by atoms with van der Waals surface area (Å²) in [5.41, 5.74) is 0. The molecular weight excluding hydrogens is 208 g/mol. The molecule has 1 aliphatic rings. The van der Waals surface area contributed by atoms with Crippen LogP contribution in [0.5, 0.6) is 0 Å². The number of ether oxygens (including phenoxy) is 1. The van der Waals surface area contributed by atoms with Crippen LogP contribution in [0.15, 0.2) is 0 Å². The molecule has 92 valence electrons. The van der Waals surface area contributed by atoms with Crippen LogP contribution in [0.4, 0.5) is 4.79 Å². The maximum atomic E-state index is 11.4. The molecule has 2 N–H and O–H groups in total. The zero-order valence-corrected chi connectivity index (χ0v) is 9.75. The van der Waals surface area contributed by atoms with Crippen LogP contribution in [0.25, 0.3) is 0 Å². The Labute approximate surface area is 95.9 Å². The maximum Gasteiger partial charge on any atom is 0.315 e. The van der Waals surface area contributed by atoms with Gasteiger partial charge in [-0.3, -0.25) is 4.79 Å². The molecule has 1 fully saturated rings. The lowest BCUT2D eigenvalue weighted by atomic mass is 9.96. The van der Waals surface area contributed by atoms with E-state index in [1.807, 2.05) is 0 Å². The van der Waals surface area contributed by atoms with Crippen molar-refractivity contribution in [3.05, 3.63) is 0 Å². The van der Waals surface area contributed by atoms with Crippen molar-refractivity contribution < 1.29 is 14.3 Å². The number of hydrogen-bond acceptors (Lipinski definition) is 3. The predicted molar refractivity (Wildman–Crippen MR) is 60.0 cm³/mol. The first kappa shape index (κ1) is 12.8. The number of hydrogen-bond donors (Lipinski definition) is 2. The summed E-state index contributed by atoms with van der Waals surface area (Å²) < 4.78 is 4.47. The van der Waals surface area contributed by atoms with Gasteiger partial charge in [-0.25, -0.2) is 4.79 Å². The molecule has 0 heterocycles. The Bertz CT molecular complexity index is 237. The summed E-state index contributed by atoms with van der Waals surface area (Å²) >= 11 is 0. The monoisotopic (exact) mass is 228 g/mol. The lowest BCUT2D eigenvalue weighted by molar-refractivity contribution is -0.140. The highest BCUT2D eigenvalue weighted by Gasteiger charge is 2.15. The van der Waals surface area contributed by atoms with Crippen molar-refractivity contribution in [2.45, 2.75) is 44.6 Å². The zero-order valence-electron chi connectivity index (χ0n) is 9.75. The van der Waals surface area contributed by atoms with Crippen molar-refractivity contribution >= 4 is 12.0 Å². The standard InChI is InChI=1S/C11H20N2O3/c1-16-10(14)7-8-12-11(15)13-9-5-3-2-4-6-9/h9H,2-8H2,1H3,(H2,12,13,15). The van der Waals surface area contributed by atoms with Gasteiger partial charge in [0.2, 0.25) is 0 Å². The molecule has 0 aromatic carbocycles. The molecule has 0 bridgehead atoms. The molecule has 0 aromatic heterocycles. The summed E-state index contributed by atoms with van der Waals surface area (Å²) in [5, 5.41) is 5.55. The van der Waals surface area contributed by atoms with E-state index in [2.05, 4.69) is 15.4 Å². The van der Waals surface area contributed by atoms with E-state index < -0.39 is 0 Å². The first-order chi connectivity index (χ1) is 7.72. The first-order valence-corrected chi connectivity index (χ1v) is 5.83. The van der Waals surface area contributed by atoms with Gasteiger partial charge in [0.05, 0.1) is 13.5 Å². The van der Waals surface area contributed by atoms with Gasteiger partial charge in [0.25, 0.3) is 0 Å². The summed E-state index contributed by atoms with van der Waals surface area (Å²) in [6.45, 7) is 0.325. The lowest BCUT2D eigenvalue weighted by Crippen LogP contribution is -2.43. The number of nitrogens with one attached hydrogen (secondary N) is 2. The molecule has 0 aromatic rings. The van der Waals surface area contributed by atoms with Crippen molar-refractivity contribution in [3.63, 3.8) is 0 Å². The fourth-order valence-electron chi connectivity index (χ4n) is 1.86. The normalized spacial score (nSPS) is 16.6. The van der Waals surface area contributed by atoms with Gasteiger partial charge in [0.1, 0.15) is 0 Å². The molecule has 1 aliphatic carbocycles. The Morgan fingerprint density at radius 1 is 1.25 bits per heavy atom. The number of rotatable bonds is 4. The van der Waals surface area contributed by atoms with Gasteiger partial charge in [-0.15, -0.1) is 0 Å². The Morgan fingerprint density at radius 3 is 2.56 bits per heavy atom. The Hall–Kier alpha value is -1.26. The van der Waals surface area contributed by atoms with E-state index in [4.69, 9.17) is 0 Å². The van der Waals surface area contributed by atoms with Crippen molar-refractivity contribution in [3.8, 4) is 0 Å². The second-order valence-electron chi connectivity index (χ2n) is 4.06. The minimum absolute atomic E-state index is 0.184. The van der Waals surface area contributed by atoms with E-state index in [0.717, 1.165) is 12.8 Å². The van der Waals surface area contributed by atoms with Gasteiger partial charge in [0.15, 0.2) is 0 Å². The number of amides is 2. The third-order valence-electron chi connectivity index (χ3n) is 2.78. The van der Waals surface area contributed by atoms with E-state index >= 15 is 0 Å². The van der Waals surface area contributed by atoms with E-state index in [9.17, 15) is 9.59 Å². The smallest absolute Gasteiger partial charge is 0.315 e. The molecule has 0 radical (unpaired) electrons. The highest BCUT2D eigenvalue weighted by atomic mass is 16.5. The van der Waals surface area contributed by atoms with Crippen molar-refractivity contribution in [1.82, 2.24) is 10.6 Å². The Morgan fingerprint density at radius 2 is 1.94 bits per heavy atom. The predicted octanol–water partition coefficient (Wildman–Crippen LogP) is 1.18. The molecule has 1 saturated carbocycles. The summed E-state index contributed by atoms with van der Waals surface area (Å²) in [5.74, 6) is -0.307. The average molecular weight is 228 g/mol. The summed E-state index contributed by atoms with van der Waals surface area (Å²) in [7, 11) is 1.34. The highest BCUT2D eigenvalue weighted by Crippen LogP contribution is 2.16. The van der Waals surface area contributed by atoms with Crippen molar-refractivity contribution in [1.29, 1.82) is 0 Å². The van der Waals surface area contributed by atoms with Gasteiger partial charge in [-0.1, -0.05) is 19.3 Å². The number of carbonyl (C=O) groups excluding carboxylic acids is 2. The van der Waals surface area contributed by atoms with Crippen LogP contribution < -0.4 is 10.6 Å². The third kappa shape index (κ3) is 5.00. The number of urea groups is 1. The Balaban J connectivity index is 2.08. The SMILES string of the molecule is COC(=O)CCNC(=O)NC1CCCCC1. The topological polar surface area (TPSA) is 67.4 Å². The summed E-state index contributed by atoms with van der Waals surface area (Å²) in [6, 6.07) is 0.114. The number of carbonyl (C=O) groups is 2. The van der Waals surface area contributed by atoms with Crippen LogP contribution in [0.3, 0.4) is 0 Å². The van der Waals surface area contributed by atoms with Crippen LogP contribution in [-0.4, -0.2) is 31.7 Å².